The first-order chi connectivity index (χ1) is 9.63. The molecule has 0 unspecified atom stereocenters. The molecule has 5 aliphatic rings. The number of nitrogens with zero attached hydrogens (tertiary/aromatic N) is 2. The van der Waals surface area contributed by atoms with E-state index in [9.17, 15) is 4.79 Å². The van der Waals surface area contributed by atoms with E-state index in [0.29, 0.717) is 16.3 Å². The standard InChI is InChI=1S/C15H21N3OS/c1-9(17-18-14-16-13(19)8-20-14)15-5-10-2-11(6-15)4-12(3-10)7-15/h10-12H,2-8H2,1H3,(H,16,18,19)/b17-9-. The first-order valence-corrected chi connectivity index (χ1v) is 8.67. The highest BCUT2D eigenvalue weighted by molar-refractivity contribution is 8.15. The third-order valence-electron chi connectivity index (χ3n) is 5.68. The Hall–Kier alpha value is -0.840. The number of hydrogen-bond donors (Lipinski definition) is 1. The highest BCUT2D eigenvalue weighted by atomic mass is 32.2. The van der Waals surface area contributed by atoms with Crippen LogP contribution in [0, 0.1) is 23.2 Å². The van der Waals surface area contributed by atoms with E-state index >= 15 is 0 Å². The van der Waals surface area contributed by atoms with Crippen LogP contribution in [0.15, 0.2) is 10.2 Å². The van der Waals surface area contributed by atoms with Crippen molar-refractivity contribution in [2.45, 2.75) is 45.4 Å². The van der Waals surface area contributed by atoms with Gasteiger partial charge in [0.2, 0.25) is 5.91 Å². The first-order valence-electron chi connectivity index (χ1n) is 7.68. The van der Waals surface area contributed by atoms with Gasteiger partial charge in [0.15, 0.2) is 5.17 Å². The summed E-state index contributed by atoms with van der Waals surface area (Å²) in [5, 5.41) is 12.2. The zero-order valence-corrected chi connectivity index (χ0v) is 12.7. The lowest BCUT2D eigenvalue weighted by molar-refractivity contribution is -0.116. The third kappa shape index (κ3) is 2.10. The molecule has 1 aliphatic heterocycles. The smallest absolute Gasteiger partial charge is 0.236 e. The summed E-state index contributed by atoms with van der Waals surface area (Å²) in [6.45, 7) is 2.15. The Bertz CT molecular complexity index is 476. The molecule has 5 rings (SSSR count). The molecule has 4 saturated carbocycles. The van der Waals surface area contributed by atoms with E-state index in [1.165, 1.54) is 56.0 Å². The highest BCUT2D eigenvalue weighted by Crippen LogP contribution is 2.60. The number of carbonyl (C=O) groups is 1. The zero-order valence-electron chi connectivity index (χ0n) is 11.9. The summed E-state index contributed by atoms with van der Waals surface area (Å²) >= 11 is 1.45. The quantitative estimate of drug-likeness (QED) is 0.628. The van der Waals surface area contributed by atoms with E-state index in [0.717, 1.165) is 17.8 Å². The number of hydrogen-bond acceptors (Lipinski definition) is 4. The van der Waals surface area contributed by atoms with Gasteiger partial charge in [-0.15, -0.1) is 5.10 Å². The Morgan fingerprint density at radius 3 is 2.30 bits per heavy atom. The van der Waals surface area contributed by atoms with Crippen LogP contribution in [0.5, 0.6) is 0 Å². The molecule has 0 radical (unpaired) electrons. The van der Waals surface area contributed by atoms with Crippen LogP contribution >= 0.6 is 11.8 Å². The molecule has 4 nitrogen and oxygen atoms in total. The molecule has 1 heterocycles. The molecule has 4 bridgehead atoms. The number of amides is 1. The van der Waals surface area contributed by atoms with Crippen molar-refractivity contribution in [3.8, 4) is 0 Å². The number of nitrogens with one attached hydrogen (secondary N) is 1. The molecule has 4 aliphatic carbocycles. The normalized spacial score (nSPS) is 45.2. The van der Waals surface area contributed by atoms with Gasteiger partial charge in [-0.25, -0.2) is 0 Å². The summed E-state index contributed by atoms with van der Waals surface area (Å²) in [5.41, 5.74) is 1.53. The van der Waals surface area contributed by atoms with E-state index in [1.807, 2.05) is 0 Å². The summed E-state index contributed by atoms with van der Waals surface area (Å²) in [4.78, 5) is 11.2. The second-order valence-electron chi connectivity index (χ2n) is 7.13. The minimum Gasteiger partial charge on any atom is -0.303 e. The average Bonchev–Trinajstić information content (AvgIpc) is 2.80. The van der Waals surface area contributed by atoms with E-state index < -0.39 is 0 Å². The Morgan fingerprint density at radius 2 is 1.80 bits per heavy atom. The summed E-state index contributed by atoms with van der Waals surface area (Å²) in [7, 11) is 0. The van der Waals surface area contributed by atoms with Gasteiger partial charge in [-0.2, -0.15) is 5.10 Å². The van der Waals surface area contributed by atoms with Crippen LogP contribution in [0.25, 0.3) is 0 Å². The predicted octanol–water partition coefficient (Wildman–Crippen LogP) is 2.80. The molecule has 1 N–H and O–H groups in total. The first kappa shape index (κ1) is 12.9. The van der Waals surface area contributed by atoms with Crippen molar-refractivity contribution in [1.82, 2.24) is 5.32 Å². The molecule has 20 heavy (non-hydrogen) atoms. The van der Waals surface area contributed by atoms with Crippen LogP contribution in [0.2, 0.25) is 0 Å². The molecule has 0 aromatic heterocycles. The Morgan fingerprint density at radius 1 is 1.20 bits per heavy atom. The van der Waals surface area contributed by atoms with Gasteiger partial charge >= 0.3 is 0 Å². The molecule has 0 atom stereocenters. The van der Waals surface area contributed by atoms with Gasteiger partial charge in [-0.1, -0.05) is 11.8 Å². The second kappa shape index (κ2) is 4.58. The Labute approximate surface area is 123 Å². The van der Waals surface area contributed by atoms with Crippen molar-refractivity contribution in [3.63, 3.8) is 0 Å². The van der Waals surface area contributed by atoms with Crippen molar-refractivity contribution in [2.24, 2.45) is 33.4 Å². The van der Waals surface area contributed by atoms with Gasteiger partial charge in [0.25, 0.3) is 0 Å². The van der Waals surface area contributed by atoms with E-state index in [4.69, 9.17) is 0 Å². The SMILES string of the molecule is C/C(=N/N=C1/NC(=O)CS1)C12CC3CC(CC(C3)C1)C2. The van der Waals surface area contributed by atoms with Gasteiger partial charge in [-0.3, -0.25) is 4.79 Å². The largest absolute Gasteiger partial charge is 0.303 e. The molecule has 1 amide bonds. The fourth-order valence-electron chi connectivity index (χ4n) is 5.16. The molecule has 0 aromatic carbocycles. The van der Waals surface area contributed by atoms with Gasteiger partial charge < -0.3 is 5.32 Å². The van der Waals surface area contributed by atoms with Gasteiger partial charge in [0.1, 0.15) is 0 Å². The molecule has 5 fully saturated rings. The lowest BCUT2D eigenvalue weighted by Crippen LogP contribution is -2.49. The maximum Gasteiger partial charge on any atom is 0.236 e. The lowest BCUT2D eigenvalue weighted by atomic mass is 9.48. The van der Waals surface area contributed by atoms with Gasteiger partial charge in [-0.05, 0) is 63.2 Å². The van der Waals surface area contributed by atoms with Gasteiger partial charge in [0, 0.05) is 11.1 Å². The number of amidine groups is 1. The van der Waals surface area contributed by atoms with Crippen molar-refractivity contribution in [3.05, 3.63) is 0 Å². The Balaban J connectivity index is 1.56. The van der Waals surface area contributed by atoms with E-state index in [2.05, 4.69) is 22.4 Å². The molecule has 0 aromatic rings. The molecular formula is C15H21N3OS. The molecule has 108 valence electrons. The summed E-state index contributed by atoms with van der Waals surface area (Å²) in [6.07, 6.45) is 8.31. The molecule has 1 saturated heterocycles. The molecular weight excluding hydrogens is 270 g/mol. The average molecular weight is 291 g/mol. The van der Waals surface area contributed by atoms with Crippen LogP contribution in [0.3, 0.4) is 0 Å². The molecule has 0 spiro atoms. The monoisotopic (exact) mass is 291 g/mol. The van der Waals surface area contributed by atoms with Crippen LogP contribution < -0.4 is 5.32 Å². The zero-order chi connectivity index (χ0) is 13.7. The molecule has 5 heteroatoms. The third-order valence-corrected chi connectivity index (χ3v) is 6.55. The number of carbonyl (C=O) groups excluding carboxylic acids is 1. The fraction of sp³-hybridized carbons (Fsp3) is 0.800. The van der Waals surface area contributed by atoms with E-state index in [1.54, 1.807) is 0 Å². The summed E-state index contributed by atoms with van der Waals surface area (Å²) < 4.78 is 0. The Kier molecular flexibility index (Phi) is 2.95. The van der Waals surface area contributed by atoms with Crippen LogP contribution in [0.1, 0.15) is 45.4 Å². The highest BCUT2D eigenvalue weighted by Gasteiger charge is 2.52. The fourth-order valence-corrected chi connectivity index (χ4v) is 5.78. The topological polar surface area (TPSA) is 53.8 Å². The van der Waals surface area contributed by atoms with Crippen molar-refractivity contribution >= 4 is 28.5 Å². The summed E-state index contributed by atoms with van der Waals surface area (Å²) in [5.74, 6) is 3.31. The van der Waals surface area contributed by atoms with Crippen molar-refractivity contribution < 1.29 is 4.79 Å². The number of rotatable bonds is 2. The van der Waals surface area contributed by atoms with Crippen LogP contribution in [0.4, 0.5) is 0 Å². The van der Waals surface area contributed by atoms with Crippen molar-refractivity contribution in [1.29, 1.82) is 0 Å². The number of thioether (sulfide) groups is 1. The van der Waals surface area contributed by atoms with E-state index in [-0.39, 0.29) is 5.91 Å². The maximum absolute atomic E-state index is 11.2. The lowest BCUT2D eigenvalue weighted by Gasteiger charge is -2.56. The van der Waals surface area contributed by atoms with Crippen LogP contribution in [-0.4, -0.2) is 22.5 Å². The minimum atomic E-state index is 0.0383. The van der Waals surface area contributed by atoms with Crippen LogP contribution in [-0.2, 0) is 4.79 Å². The maximum atomic E-state index is 11.2. The van der Waals surface area contributed by atoms with Gasteiger partial charge in [0.05, 0.1) is 5.75 Å². The predicted molar refractivity (Wildman–Crippen MR) is 81.7 cm³/mol. The van der Waals surface area contributed by atoms with Crippen molar-refractivity contribution in [2.75, 3.05) is 5.75 Å². The summed E-state index contributed by atoms with van der Waals surface area (Å²) in [6, 6.07) is 0. The second-order valence-corrected chi connectivity index (χ2v) is 8.09. The minimum absolute atomic E-state index is 0.0383.